The van der Waals surface area contributed by atoms with Crippen LogP contribution in [0.5, 0.6) is 0 Å². The highest BCUT2D eigenvalue weighted by Crippen LogP contribution is 2.28. The van der Waals surface area contributed by atoms with E-state index in [0.29, 0.717) is 18.2 Å². The molecule has 3 aromatic rings. The molecule has 8 heteroatoms. The number of aromatic nitrogens is 3. The SMILES string of the molecule is CCCN1CCCN(CC(=O)Nc2nc(-c3cccs3)ncc2-c2ccccn2)CC1. The van der Waals surface area contributed by atoms with Gasteiger partial charge in [0.15, 0.2) is 5.82 Å². The van der Waals surface area contributed by atoms with Crippen molar-refractivity contribution in [3.05, 3.63) is 48.1 Å². The summed E-state index contributed by atoms with van der Waals surface area (Å²) in [5, 5.41) is 5.03. The third-order valence-electron chi connectivity index (χ3n) is 5.32. The van der Waals surface area contributed by atoms with E-state index in [1.54, 1.807) is 23.7 Å². The molecule has 7 nitrogen and oxygen atoms in total. The second-order valence-electron chi connectivity index (χ2n) is 7.67. The summed E-state index contributed by atoms with van der Waals surface area (Å²) in [5.74, 6) is 1.05. The molecule has 1 aliphatic rings. The number of carbonyl (C=O) groups is 1. The number of rotatable bonds is 7. The van der Waals surface area contributed by atoms with Gasteiger partial charge < -0.3 is 10.2 Å². The molecular formula is C23H28N6OS. The first-order valence-electron chi connectivity index (χ1n) is 10.8. The zero-order chi connectivity index (χ0) is 21.5. The van der Waals surface area contributed by atoms with E-state index in [1.165, 1.54) is 0 Å². The van der Waals surface area contributed by atoms with Crippen molar-refractivity contribution in [1.29, 1.82) is 0 Å². The van der Waals surface area contributed by atoms with E-state index in [0.717, 1.165) is 61.7 Å². The van der Waals surface area contributed by atoms with E-state index < -0.39 is 0 Å². The average molecular weight is 437 g/mol. The lowest BCUT2D eigenvalue weighted by Gasteiger charge is -2.21. The lowest BCUT2D eigenvalue weighted by molar-refractivity contribution is -0.117. The van der Waals surface area contributed by atoms with Crippen molar-refractivity contribution in [2.75, 3.05) is 44.6 Å². The summed E-state index contributed by atoms with van der Waals surface area (Å²) in [6, 6.07) is 9.63. The molecule has 0 radical (unpaired) electrons. The molecule has 1 aliphatic heterocycles. The summed E-state index contributed by atoms with van der Waals surface area (Å²) in [6.45, 7) is 7.65. The summed E-state index contributed by atoms with van der Waals surface area (Å²) < 4.78 is 0. The highest BCUT2D eigenvalue weighted by atomic mass is 32.1. The van der Waals surface area contributed by atoms with Gasteiger partial charge in [-0.15, -0.1) is 11.3 Å². The first kappa shape index (κ1) is 21.5. The molecule has 0 atom stereocenters. The summed E-state index contributed by atoms with van der Waals surface area (Å²) in [5.41, 5.74) is 1.46. The average Bonchev–Trinajstić information content (AvgIpc) is 3.24. The van der Waals surface area contributed by atoms with Crippen LogP contribution in [0.2, 0.25) is 0 Å². The fourth-order valence-corrected chi connectivity index (χ4v) is 4.47. The van der Waals surface area contributed by atoms with Crippen LogP contribution in [-0.4, -0.2) is 69.9 Å². The van der Waals surface area contributed by atoms with Gasteiger partial charge in [0.1, 0.15) is 5.82 Å². The molecule has 0 bridgehead atoms. The number of pyridine rings is 1. The Balaban J connectivity index is 1.50. The topological polar surface area (TPSA) is 74.2 Å². The minimum Gasteiger partial charge on any atom is -0.309 e. The van der Waals surface area contributed by atoms with E-state index >= 15 is 0 Å². The van der Waals surface area contributed by atoms with Gasteiger partial charge in [-0.05, 0) is 56.1 Å². The Hall–Kier alpha value is -2.68. The maximum atomic E-state index is 12.9. The number of hydrogen-bond acceptors (Lipinski definition) is 7. The highest BCUT2D eigenvalue weighted by molar-refractivity contribution is 7.13. The molecule has 1 fully saturated rings. The van der Waals surface area contributed by atoms with Gasteiger partial charge in [-0.2, -0.15) is 0 Å². The van der Waals surface area contributed by atoms with Crippen LogP contribution in [0.3, 0.4) is 0 Å². The van der Waals surface area contributed by atoms with E-state index in [4.69, 9.17) is 0 Å². The van der Waals surface area contributed by atoms with Crippen molar-refractivity contribution in [2.24, 2.45) is 0 Å². The Morgan fingerprint density at radius 1 is 1.10 bits per heavy atom. The second-order valence-corrected chi connectivity index (χ2v) is 8.62. The first-order chi connectivity index (χ1) is 15.2. The van der Waals surface area contributed by atoms with Crippen LogP contribution in [0.1, 0.15) is 19.8 Å². The fraction of sp³-hybridized carbons (Fsp3) is 0.391. The van der Waals surface area contributed by atoms with Crippen LogP contribution < -0.4 is 5.32 Å². The van der Waals surface area contributed by atoms with Crippen molar-refractivity contribution in [2.45, 2.75) is 19.8 Å². The molecule has 0 saturated carbocycles. The van der Waals surface area contributed by atoms with E-state index in [9.17, 15) is 4.79 Å². The maximum absolute atomic E-state index is 12.9. The van der Waals surface area contributed by atoms with E-state index in [-0.39, 0.29) is 5.91 Å². The quantitative estimate of drug-likeness (QED) is 0.610. The van der Waals surface area contributed by atoms with Gasteiger partial charge in [-0.1, -0.05) is 19.1 Å². The van der Waals surface area contributed by atoms with Gasteiger partial charge in [-0.3, -0.25) is 14.7 Å². The normalized spacial score (nSPS) is 15.5. The van der Waals surface area contributed by atoms with Crippen LogP contribution in [0.25, 0.3) is 22.0 Å². The van der Waals surface area contributed by atoms with Gasteiger partial charge in [-0.25, -0.2) is 9.97 Å². The van der Waals surface area contributed by atoms with Gasteiger partial charge >= 0.3 is 0 Å². The highest BCUT2D eigenvalue weighted by Gasteiger charge is 2.19. The summed E-state index contributed by atoms with van der Waals surface area (Å²) >= 11 is 1.57. The van der Waals surface area contributed by atoms with Crippen molar-refractivity contribution >= 4 is 23.1 Å². The van der Waals surface area contributed by atoms with Gasteiger partial charge in [0, 0.05) is 25.5 Å². The largest absolute Gasteiger partial charge is 0.309 e. The van der Waals surface area contributed by atoms with Gasteiger partial charge in [0.2, 0.25) is 5.91 Å². The smallest absolute Gasteiger partial charge is 0.239 e. The van der Waals surface area contributed by atoms with Gasteiger partial charge in [0.05, 0.1) is 22.7 Å². The zero-order valence-electron chi connectivity index (χ0n) is 17.8. The minimum absolute atomic E-state index is 0.0584. The molecule has 0 spiro atoms. The number of carbonyl (C=O) groups excluding carboxylic acids is 1. The molecule has 1 N–H and O–H groups in total. The molecule has 4 rings (SSSR count). The lowest BCUT2D eigenvalue weighted by atomic mass is 10.2. The molecule has 31 heavy (non-hydrogen) atoms. The number of hydrogen-bond donors (Lipinski definition) is 1. The molecule has 0 aromatic carbocycles. The molecule has 3 aromatic heterocycles. The molecule has 1 saturated heterocycles. The van der Waals surface area contributed by atoms with E-state index in [1.807, 2.05) is 35.7 Å². The van der Waals surface area contributed by atoms with Crippen LogP contribution in [0, 0.1) is 0 Å². The van der Waals surface area contributed by atoms with Crippen LogP contribution >= 0.6 is 11.3 Å². The molecule has 0 unspecified atom stereocenters. The maximum Gasteiger partial charge on any atom is 0.239 e. The van der Waals surface area contributed by atoms with Crippen molar-refractivity contribution in [1.82, 2.24) is 24.8 Å². The number of amides is 1. The van der Waals surface area contributed by atoms with Crippen LogP contribution in [0.4, 0.5) is 5.82 Å². The van der Waals surface area contributed by atoms with Gasteiger partial charge in [0.25, 0.3) is 0 Å². The Morgan fingerprint density at radius 2 is 1.97 bits per heavy atom. The summed E-state index contributed by atoms with van der Waals surface area (Å²) in [4.78, 5) is 32.2. The van der Waals surface area contributed by atoms with Crippen LogP contribution in [0.15, 0.2) is 48.1 Å². The Morgan fingerprint density at radius 3 is 2.74 bits per heavy atom. The third kappa shape index (κ3) is 5.72. The zero-order valence-corrected chi connectivity index (χ0v) is 18.6. The van der Waals surface area contributed by atoms with Crippen molar-refractivity contribution in [3.8, 4) is 22.0 Å². The number of nitrogens with one attached hydrogen (secondary N) is 1. The summed E-state index contributed by atoms with van der Waals surface area (Å²) in [6.07, 6.45) is 5.72. The standard InChI is InChI=1S/C23H28N6OS/c1-2-10-28-11-6-12-29(14-13-28)17-21(30)26-22-18(19-7-3-4-9-24-19)16-25-23(27-22)20-8-5-15-31-20/h3-5,7-9,15-16H,2,6,10-14,17H2,1H3,(H,25,26,27,30). The lowest BCUT2D eigenvalue weighted by Crippen LogP contribution is -2.36. The van der Waals surface area contributed by atoms with Crippen molar-refractivity contribution in [3.63, 3.8) is 0 Å². The Bertz CT molecular complexity index is 979. The predicted octanol–water partition coefficient (Wildman–Crippen LogP) is 3.62. The Kier molecular flexibility index (Phi) is 7.35. The second kappa shape index (κ2) is 10.6. The minimum atomic E-state index is -0.0584. The number of anilines is 1. The molecule has 0 aliphatic carbocycles. The first-order valence-corrected chi connectivity index (χ1v) is 11.7. The summed E-state index contributed by atoms with van der Waals surface area (Å²) in [7, 11) is 0. The molecule has 1 amide bonds. The Labute approximate surface area is 187 Å². The molecule has 4 heterocycles. The van der Waals surface area contributed by atoms with Crippen molar-refractivity contribution < 1.29 is 4.79 Å². The monoisotopic (exact) mass is 436 g/mol. The molecular weight excluding hydrogens is 408 g/mol. The predicted molar refractivity (Wildman–Crippen MR) is 125 cm³/mol. The fourth-order valence-electron chi connectivity index (χ4n) is 3.81. The molecule has 162 valence electrons. The third-order valence-corrected chi connectivity index (χ3v) is 6.18. The van der Waals surface area contributed by atoms with Crippen LogP contribution in [-0.2, 0) is 4.79 Å². The number of thiophene rings is 1. The van der Waals surface area contributed by atoms with E-state index in [2.05, 4.69) is 37.0 Å². The number of nitrogens with zero attached hydrogens (tertiary/aromatic N) is 5.